The molecule has 1 aromatic heterocycles. The van der Waals surface area contributed by atoms with Gasteiger partial charge in [-0.2, -0.15) is 0 Å². The normalized spacial score (nSPS) is 21.6. The van der Waals surface area contributed by atoms with Gasteiger partial charge in [0.2, 0.25) is 17.7 Å². The number of likely N-dealkylation sites (tertiary alicyclic amines) is 1. The second-order valence-electron chi connectivity index (χ2n) is 10.6. The van der Waals surface area contributed by atoms with E-state index in [4.69, 9.17) is 0 Å². The van der Waals surface area contributed by atoms with Crippen molar-refractivity contribution < 1.29 is 18.8 Å². The van der Waals surface area contributed by atoms with Gasteiger partial charge in [0.15, 0.2) is 0 Å². The lowest BCUT2D eigenvalue weighted by molar-refractivity contribution is -0.140. The van der Waals surface area contributed by atoms with Crippen molar-refractivity contribution in [3.05, 3.63) is 42.0 Å². The van der Waals surface area contributed by atoms with E-state index >= 15 is 0 Å². The van der Waals surface area contributed by atoms with Gasteiger partial charge in [0, 0.05) is 47.9 Å². The second-order valence-corrected chi connectivity index (χ2v) is 10.6. The molecule has 1 fully saturated rings. The van der Waals surface area contributed by atoms with Gasteiger partial charge in [0.1, 0.15) is 11.9 Å². The zero-order chi connectivity index (χ0) is 25.7. The molecular weight excluding hydrogens is 449 g/mol. The predicted molar refractivity (Wildman–Crippen MR) is 133 cm³/mol. The number of carbonyl (C=O) groups is 3. The minimum atomic E-state index is -0.752. The molecule has 0 radical (unpaired) electrons. The number of halogens is 1. The van der Waals surface area contributed by atoms with Crippen LogP contribution in [0.4, 0.5) is 4.39 Å². The van der Waals surface area contributed by atoms with Gasteiger partial charge >= 0.3 is 0 Å². The number of likely N-dealkylation sites (N-methyl/N-ethyl adjacent to an activating group) is 1. The summed E-state index contributed by atoms with van der Waals surface area (Å²) in [4.78, 5) is 45.8. The molecule has 2 aliphatic rings. The van der Waals surface area contributed by atoms with Crippen molar-refractivity contribution in [3.8, 4) is 0 Å². The molecule has 0 spiro atoms. The molecule has 2 aromatic rings. The fraction of sp³-hybridized carbons (Fsp3) is 0.500. The highest BCUT2D eigenvalue weighted by Crippen LogP contribution is 2.42. The maximum Gasteiger partial charge on any atom is 0.246 e. The number of aromatic nitrogens is 1. The van der Waals surface area contributed by atoms with Crippen molar-refractivity contribution in [2.24, 2.45) is 5.41 Å². The van der Waals surface area contributed by atoms with E-state index in [2.05, 4.69) is 15.6 Å². The molecule has 1 aromatic carbocycles. The Labute approximate surface area is 204 Å². The Morgan fingerprint density at radius 2 is 1.94 bits per heavy atom. The summed E-state index contributed by atoms with van der Waals surface area (Å²) >= 11 is 0. The summed E-state index contributed by atoms with van der Waals surface area (Å²) in [6.07, 6.45) is 4.21. The van der Waals surface area contributed by atoms with Crippen molar-refractivity contribution in [3.63, 3.8) is 0 Å². The van der Waals surface area contributed by atoms with E-state index in [1.807, 2.05) is 20.8 Å². The van der Waals surface area contributed by atoms with Crippen LogP contribution >= 0.6 is 0 Å². The maximum atomic E-state index is 14.1. The molecule has 3 N–H and O–H groups in total. The Hall–Kier alpha value is -3.20. The van der Waals surface area contributed by atoms with Crippen LogP contribution in [0.5, 0.6) is 0 Å². The molecule has 0 aliphatic carbocycles. The lowest BCUT2D eigenvalue weighted by Gasteiger charge is -2.36. The highest BCUT2D eigenvalue weighted by Gasteiger charge is 2.50. The molecule has 3 heterocycles. The molecule has 0 saturated carbocycles. The van der Waals surface area contributed by atoms with Crippen LogP contribution in [0.1, 0.15) is 46.6 Å². The smallest absolute Gasteiger partial charge is 0.246 e. The SMILES string of the molecule is CNC(C)C(=O)NC(C(=O)N1CCC2C1C(c1c[nH]c3ccc(F)cc13)=CN2C(C)=O)C(C)(C)C. The van der Waals surface area contributed by atoms with Gasteiger partial charge in [0.05, 0.1) is 18.1 Å². The van der Waals surface area contributed by atoms with Crippen LogP contribution in [0, 0.1) is 11.2 Å². The number of fused-ring (bicyclic) bond motifs is 2. The summed E-state index contributed by atoms with van der Waals surface area (Å²) in [5.41, 5.74) is 1.79. The molecule has 4 atom stereocenters. The summed E-state index contributed by atoms with van der Waals surface area (Å²) in [5, 5.41) is 6.54. The number of rotatable bonds is 5. The van der Waals surface area contributed by atoms with Crippen LogP contribution in [-0.2, 0) is 14.4 Å². The van der Waals surface area contributed by atoms with E-state index in [0.29, 0.717) is 18.4 Å². The average molecular weight is 484 g/mol. The van der Waals surface area contributed by atoms with Crippen LogP contribution < -0.4 is 10.6 Å². The fourth-order valence-electron chi connectivity index (χ4n) is 5.11. The highest BCUT2D eigenvalue weighted by atomic mass is 19.1. The first-order valence-corrected chi connectivity index (χ1v) is 12.0. The largest absolute Gasteiger partial charge is 0.361 e. The zero-order valence-electron chi connectivity index (χ0n) is 21.1. The number of H-pyrrole nitrogens is 1. The lowest BCUT2D eigenvalue weighted by atomic mass is 9.85. The molecular formula is C26H34FN5O3. The van der Waals surface area contributed by atoms with E-state index in [1.165, 1.54) is 19.1 Å². The number of amides is 3. The van der Waals surface area contributed by atoms with E-state index in [1.54, 1.807) is 42.2 Å². The van der Waals surface area contributed by atoms with Crippen molar-refractivity contribution >= 4 is 34.2 Å². The van der Waals surface area contributed by atoms with Gasteiger partial charge < -0.3 is 25.4 Å². The Kier molecular flexibility index (Phi) is 6.48. The van der Waals surface area contributed by atoms with Crippen molar-refractivity contribution in [1.82, 2.24) is 25.4 Å². The quantitative estimate of drug-likeness (QED) is 0.609. The van der Waals surface area contributed by atoms with Gasteiger partial charge in [-0.3, -0.25) is 14.4 Å². The molecule has 8 nitrogen and oxygen atoms in total. The number of nitrogens with one attached hydrogen (secondary N) is 3. The van der Waals surface area contributed by atoms with Crippen molar-refractivity contribution in [2.75, 3.05) is 13.6 Å². The standard InChI is InChI=1S/C26H34FN5O3/c1-14(28-6)24(34)30-23(26(3,4)5)25(35)31-10-9-21-22(31)19(13-32(21)15(2)33)18-12-29-20-8-7-16(27)11-17(18)20/h7-8,11-14,21-23,28-29H,9-10H2,1-6H3,(H,30,34). The summed E-state index contributed by atoms with van der Waals surface area (Å²) in [7, 11) is 1.69. The van der Waals surface area contributed by atoms with Crippen LogP contribution in [0.2, 0.25) is 0 Å². The zero-order valence-corrected chi connectivity index (χ0v) is 21.1. The molecule has 4 rings (SSSR count). The molecule has 1 saturated heterocycles. The first-order valence-electron chi connectivity index (χ1n) is 12.0. The third-order valence-corrected chi connectivity index (χ3v) is 7.15. The average Bonchev–Trinajstić information content (AvgIpc) is 3.49. The number of nitrogens with zero attached hydrogens (tertiary/aromatic N) is 2. The highest BCUT2D eigenvalue weighted by molar-refractivity contribution is 5.98. The number of hydrogen-bond acceptors (Lipinski definition) is 4. The Balaban J connectivity index is 1.73. The molecule has 188 valence electrons. The predicted octanol–water partition coefficient (Wildman–Crippen LogP) is 2.62. The number of aromatic amines is 1. The minimum Gasteiger partial charge on any atom is -0.361 e. The van der Waals surface area contributed by atoms with Gasteiger partial charge in [-0.05, 0) is 44.0 Å². The number of hydrogen-bond donors (Lipinski definition) is 3. The van der Waals surface area contributed by atoms with Crippen LogP contribution in [-0.4, -0.2) is 70.3 Å². The van der Waals surface area contributed by atoms with Gasteiger partial charge in [0.25, 0.3) is 0 Å². The number of carbonyl (C=O) groups excluding carboxylic acids is 3. The molecule has 2 aliphatic heterocycles. The fourth-order valence-corrected chi connectivity index (χ4v) is 5.11. The first kappa shape index (κ1) is 24.9. The second kappa shape index (κ2) is 9.11. The Bertz CT molecular complexity index is 1200. The third kappa shape index (κ3) is 4.45. The molecule has 35 heavy (non-hydrogen) atoms. The van der Waals surface area contributed by atoms with E-state index in [9.17, 15) is 18.8 Å². The molecule has 0 bridgehead atoms. The van der Waals surface area contributed by atoms with E-state index in [-0.39, 0.29) is 29.6 Å². The van der Waals surface area contributed by atoms with Gasteiger partial charge in [-0.25, -0.2) is 4.39 Å². The number of benzene rings is 1. The van der Waals surface area contributed by atoms with Crippen LogP contribution in [0.3, 0.4) is 0 Å². The Morgan fingerprint density at radius 1 is 1.23 bits per heavy atom. The topological polar surface area (TPSA) is 97.5 Å². The maximum absolute atomic E-state index is 14.1. The monoisotopic (exact) mass is 483 g/mol. The van der Waals surface area contributed by atoms with Crippen molar-refractivity contribution in [1.29, 1.82) is 0 Å². The van der Waals surface area contributed by atoms with Crippen molar-refractivity contribution in [2.45, 2.75) is 65.2 Å². The summed E-state index contributed by atoms with van der Waals surface area (Å²) < 4.78 is 14.1. The molecule has 9 heteroatoms. The summed E-state index contributed by atoms with van der Waals surface area (Å²) in [5.74, 6) is -0.913. The van der Waals surface area contributed by atoms with Crippen LogP contribution in [0.15, 0.2) is 30.6 Å². The first-order chi connectivity index (χ1) is 16.4. The molecule has 4 unspecified atom stereocenters. The third-order valence-electron chi connectivity index (χ3n) is 7.15. The molecule has 3 amide bonds. The minimum absolute atomic E-state index is 0.112. The van der Waals surface area contributed by atoms with Gasteiger partial charge in [-0.1, -0.05) is 20.8 Å². The Morgan fingerprint density at radius 3 is 2.57 bits per heavy atom. The van der Waals surface area contributed by atoms with E-state index < -0.39 is 23.5 Å². The lowest BCUT2D eigenvalue weighted by Crippen LogP contribution is -2.58. The summed E-state index contributed by atoms with van der Waals surface area (Å²) in [6, 6.07) is 2.73. The van der Waals surface area contributed by atoms with E-state index in [0.717, 1.165) is 16.7 Å². The van der Waals surface area contributed by atoms with Gasteiger partial charge in [-0.15, -0.1) is 0 Å². The van der Waals surface area contributed by atoms with Crippen LogP contribution in [0.25, 0.3) is 16.5 Å². The summed E-state index contributed by atoms with van der Waals surface area (Å²) in [6.45, 7) is 9.46.